The zero-order chi connectivity index (χ0) is 23.3. The Kier molecular flexibility index (Phi) is 10.2. The molecular formula is C24H30N2O6. The van der Waals surface area contributed by atoms with Gasteiger partial charge in [0.2, 0.25) is 0 Å². The number of carbonyl (C=O) groups is 2. The van der Waals surface area contributed by atoms with E-state index in [2.05, 4.69) is 5.32 Å². The number of hydrogen-bond acceptors (Lipinski definition) is 6. The molecule has 0 radical (unpaired) electrons. The predicted molar refractivity (Wildman–Crippen MR) is 121 cm³/mol. The fraction of sp³-hybridized carbons (Fsp3) is 0.333. The van der Waals surface area contributed by atoms with E-state index in [4.69, 9.17) is 19.8 Å². The molecule has 0 bridgehead atoms. The fourth-order valence-corrected chi connectivity index (χ4v) is 3.10. The van der Waals surface area contributed by atoms with Gasteiger partial charge in [0, 0.05) is 11.8 Å². The van der Waals surface area contributed by atoms with Crippen LogP contribution in [0, 0.1) is 12.8 Å². The minimum Gasteiger partial charge on any atom is -0.491 e. The van der Waals surface area contributed by atoms with Crippen LogP contribution in [0.15, 0.2) is 60.7 Å². The number of benzene rings is 2. The summed E-state index contributed by atoms with van der Waals surface area (Å²) in [5.41, 5.74) is 4.01. The van der Waals surface area contributed by atoms with E-state index < -0.39 is 18.1 Å². The third kappa shape index (κ3) is 8.41. The molecule has 0 unspecified atom stereocenters. The Morgan fingerprint density at radius 3 is 2.59 bits per heavy atom. The minimum atomic E-state index is -0.600. The molecule has 2 aromatic carbocycles. The highest BCUT2D eigenvalue weighted by Crippen LogP contribution is 2.32. The molecule has 0 saturated heterocycles. The zero-order valence-corrected chi connectivity index (χ0v) is 18.3. The molecule has 0 aliphatic rings. The van der Waals surface area contributed by atoms with Crippen LogP contribution < -0.4 is 15.5 Å². The van der Waals surface area contributed by atoms with Gasteiger partial charge in [-0.2, -0.15) is 0 Å². The number of rotatable bonds is 11. The third-order valence-corrected chi connectivity index (χ3v) is 4.76. The first-order valence-electron chi connectivity index (χ1n) is 10.4. The van der Waals surface area contributed by atoms with E-state index in [1.54, 1.807) is 41.9 Å². The first kappa shape index (κ1) is 24.9. The van der Waals surface area contributed by atoms with Gasteiger partial charge in [-0.3, -0.25) is 15.3 Å². The van der Waals surface area contributed by atoms with Crippen molar-refractivity contribution in [1.29, 1.82) is 0 Å². The highest BCUT2D eigenvalue weighted by atomic mass is 16.6. The van der Waals surface area contributed by atoms with Crippen LogP contribution in [0.3, 0.4) is 0 Å². The van der Waals surface area contributed by atoms with Gasteiger partial charge in [0.15, 0.2) is 0 Å². The van der Waals surface area contributed by atoms with Crippen molar-refractivity contribution in [2.75, 3.05) is 18.5 Å². The van der Waals surface area contributed by atoms with E-state index in [-0.39, 0.29) is 19.1 Å². The monoisotopic (exact) mass is 442 g/mol. The lowest BCUT2D eigenvalue weighted by Gasteiger charge is -2.25. The van der Waals surface area contributed by atoms with Gasteiger partial charge in [-0.05, 0) is 55.5 Å². The number of anilines is 1. The maximum atomic E-state index is 12.6. The summed E-state index contributed by atoms with van der Waals surface area (Å²) in [5.74, 6) is -0.124. The number of hydrogen-bond donors (Lipinski definition) is 4. The number of hydroxylamine groups is 1. The molecule has 0 aliphatic heterocycles. The second-order valence-corrected chi connectivity index (χ2v) is 7.39. The normalized spacial score (nSPS) is 12.8. The van der Waals surface area contributed by atoms with Crippen LogP contribution in [0.5, 0.6) is 5.75 Å². The number of allylic oxidation sites excluding steroid dienone is 1. The average Bonchev–Trinajstić information content (AvgIpc) is 2.80. The smallest absolute Gasteiger partial charge is 0.412 e. The number of aliphatic hydroxyl groups is 1. The highest BCUT2D eigenvalue weighted by Gasteiger charge is 2.24. The van der Waals surface area contributed by atoms with Crippen LogP contribution in [-0.4, -0.2) is 35.5 Å². The van der Waals surface area contributed by atoms with Gasteiger partial charge in [-0.15, -0.1) is 0 Å². The molecule has 0 heterocycles. The Morgan fingerprint density at radius 1 is 1.16 bits per heavy atom. The lowest BCUT2D eigenvalue weighted by atomic mass is 9.93. The Hall–Kier alpha value is -3.36. The maximum Gasteiger partial charge on any atom is 0.412 e. The van der Waals surface area contributed by atoms with Crippen molar-refractivity contribution >= 4 is 17.7 Å². The Morgan fingerprint density at radius 2 is 1.91 bits per heavy atom. The molecule has 0 spiro atoms. The second-order valence-electron chi connectivity index (χ2n) is 7.39. The van der Waals surface area contributed by atoms with Crippen molar-refractivity contribution in [3.05, 3.63) is 71.8 Å². The molecule has 2 atom stereocenters. The SMILES string of the molecule is Cc1ccc(NC(=O)O[C@@H](c2cccc(OCCO)c2)[C@@H](C)CC/C=C/C(=O)NO)cc1. The van der Waals surface area contributed by atoms with Crippen molar-refractivity contribution < 1.29 is 29.4 Å². The molecule has 0 aromatic heterocycles. The van der Waals surface area contributed by atoms with Crippen LogP contribution in [0.4, 0.5) is 10.5 Å². The van der Waals surface area contributed by atoms with Crippen LogP contribution in [0.1, 0.15) is 37.0 Å². The van der Waals surface area contributed by atoms with Gasteiger partial charge >= 0.3 is 6.09 Å². The molecule has 4 N–H and O–H groups in total. The summed E-state index contributed by atoms with van der Waals surface area (Å²) in [6, 6.07) is 14.6. The zero-order valence-electron chi connectivity index (χ0n) is 18.3. The highest BCUT2D eigenvalue weighted by molar-refractivity contribution is 5.86. The number of aryl methyl sites for hydroxylation is 1. The second kappa shape index (κ2) is 13.1. The molecule has 0 fully saturated rings. The molecular weight excluding hydrogens is 412 g/mol. The summed E-state index contributed by atoms with van der Waals surface area (Å²) in [5, 5.41) is 20.3. The molecule has 8 nitrogen and oxygen atoms in total. The quantitative estimate of drug-likeness (QED) is 0.236. The molecule has 2 rings (SSSR count). The minimum absolute atomic E-state index is 0.0892. The van der Waals surface area contributed by atoms with Crippen molar-refractivity contribution in [2.24, 2.45) is 5.92 Å². The summed E-state index contributed by atoms with van der Waals surface area (Å²) in [6.45, 7) is 3.97. The summed E-state index contributed by atoms with van der Waals surface area (Å²) in [7, 11) is 0. The third-order valence-electron chi connectivity index (χ3n) is 4.76. The van der Waals surface area contributed by atoms with E-state index in [9.17, 15) is 9.59 Å². The molecule has 8 heteroatoms. The lowest BCUT2D eigenvalue weighted by Crippen LogP contribution is -2.22. The van der Waals surface area contributed by atoms with Crippen molar-refractivity contribution in [1.82, 2.24) is 5.48 Å². The predicted octanol–water partition coefficient (Wildman–Crippen LogP) is 4.13. The van der Waals surface area contributed by atoms with Gasteiger partial charge < -0.3 is 14.6 Å². The number of amides is 2. The summed E-state index contributed by atoms with van der Waals surface area (Å²) in [6.07, 6.45) is 2.91. The summed E-state index contributed by atoms with van der Waals surface area (Å²) in [4.78, 5) is 23.7. The number of nitrogens with one attached hydrogen (secondary N) is 2. The van der Waals surface area contributed by atoms with Crippen molar-refractivity contribution in [3.63, 3.8) is 0 Å². The van der Waals surface area contributed by atoms with E-state index in [1.807, 2.05) is 32.0 Å². The molecule has 32 heavy (non-hydrogen) atoms. The number of aliphatic hydroxyl groups excluding tert-OH is 1. The van der Waals surface area contributed by atoms with Crippen molar-refractivity contribution in [2.45, 2.75) is 32.8 Å². The Labute approximate surface area is 187 Å². The van der Waals surface area contributed by atoms with E-state index >= 15 is 0 Å². The van der Waals surface area contributed by atoms with Crippen LogP contribution in [0.2, 0.25) is 0 Å². The maximum absolute atomic E-state index is 12.6. The number of carbonyl (C=O) groups excluding carboxylic acids is 2. The Balaban J connectivity index is 2.14. The summed E-state index contributed by atoms with van der Waals surface area (Å²) < 4.78 is 11.3. The standard InChI is InChI=1S/C24H30N2O6/c1-17-10-12-20(13-11-17)25-24(29)32-23(18(2)6-3-4-9-22(28)26-30)19-7-5-8-21(16-19)31-15-14-27/h4-5,7-13,16,18,23,27,30H,3,6,14-15H2,1-2H3,(H,25,29)(H,26,28)/b9-4+/t18-,23+/m0/s1. The molecule has 0 saturated carbocycles. The topological polar surface area (TPSA) is 117 Å². The average molecular weight is 443 g/mol. The van der Waals surface area contributed by atoms with E-state index in [1.165, 1.54) is 6.08 Å². The first-order chi connectivity index (χ1) is 15.4. The van der Waals surface area contributed by atoms with Crippen LogP contribution >= 0.6 is 0 Å². The first-order valence-corrected chi connectivity index (χ1v) is 10.4. The fourth-order valence-electron chi connectivity index (χ4n) is 3.10. The van der Waals surface area contributed by atoms with Gasteiger partial charge in [0.1, 0.15) is 18.5 Å². The number of ether oxygens (including phenoxy) is 2. The molecule has 172 valence electrons. The van der Waals surface area contributed by atoms with Gasteiger partial charge in [0.05, 0.1) is 6.61 Å². The molecule has 0 aliphatic carbocycles. The van der Waals surface area contributed by atoms with E-state index in [0.29, 0.717) is 24.3 Å². The largest absolute Gasteiger partial charge is 0.491 e. The van der Waals surface area contributed by atoms with Gasteiger partial charge in [0.25, 0.3) is 5.91 Å². The van der Waals surface area contributed by atoms with Gasteiger partial charge in [-0.1, -0.05) is 42.8 Å². The van der Waals surface area contributed by atoms with Gasteiger partial charge in [-0.25, -0.2) is 10.3 Å². The Bertz CT molecular complexity index is 898. The lowest BCUT2D eigenvalue weighted by molar-refractivity contribution is -0.124. The van der Waals surface area contributed by atoms with Crippen molar-refractivity contribution in [3.8, 4) is 5.75 Å². The van der Waals surface area contributed by atoms with Crippen LogP contribution in [0.25, 0.3) is 0 Å². The molecule has 2 aromatic rings. The van der Waals surface area contributed by atoms with Crippen LogP contribution in [-0.2, 0) is 9.53 Å². The summed E-state index contributed by atoms with van der Waals surface area (Å²) >= 11 is 0. The van der Waals surface area contributed by atoms with E-state index in [0.717, 1.165) is 11.1 Å². The molecule has 2 amide bonds.